The van der Waals surface area contributed by atoms with Crippen molar-refractivity contribution in [1.82, 2.24) is 9.99 Å². The van der Waals surface area contributed by atoms with Crippen LogP contribution in [0.3, 0.4) is 0 Å². The molecular weight excluding hydrogens is 395 g/mol. The number of non-ortho nitro benzene ring substituents is 1. The summed E-state index contributed by atoms with van der Waals surface area (Å²) in [6.45, 7) is 0. The van der Waals surface area contributed by atoms with Gasteiger partial charge in [-0.05, 0) is 36.4 Å². The quantitative estimate of drug-likeness (QED) is 0.299. The van der Waals surface area contributed by atoms with Crippen LogP contribution in [-0.2, 0) is 0 Å². The number of nitrogens with one attached hydrogen (secondary N) is 1. The van der Waals surface area contributed by atoms with Crippen molar-refractivity contribution < 1.29 is 14.1 Å². The van der Waals surface area contributed by atoms with Crippen LogP contribution in [-0.4, -0.2) is 21.6 Å². The van der Waals surface area contributed by atoms with Crippen molar-refractivity contribution in [2.24, 2.45) is 5.10 Å². The normalized spacial score (nSPS) is 11.2. The molecule has 1 N–H and O–H groups in total. The molecule has 0 saturated heterocycles. The lowest BCUT2D eigenvalue weighted by atomic mass is 10.2. The van der Waals surface area contributed by atoms with Crippen LogP contribution < -0.4 is 5.43 Å². The Bertz CT molecular complexity index is 1260. The molecule has 0 aliphatic rings. The van der Waals surface area contributed by atoms with Crippen LogP contribution >= 0.6 is 11.3 Å². The van der Waals surface area contributed by atoms with Gasteiger partial charge in [0.2, 0.25) is 0 Å². The van der Waals surface area contributed by atoms with Crippen molar-refractivity contribution in [1.29, 1.82) is 0 Å². The monoisotopic (exact) mass is 408 g/mol. The number of fused-ring (bicyclic) bond motifs is 1. The van der Waals surface area contributed by atoms with Crippen LogP contribution in [0.25, 0.3) is 15.8 Å². The van der Waals surface area contributed by atoms with Crippen molar-refractivity contribution in [2.45, 2.75) is 0 Å². The van der Waals surface area contributed by atoms with E-state index in [-0.39, 0.29) is 11.5 Å². The van der Waals surface area contributed by atoms with Crippen molar-refractivity contribution in [3.05, 3.63) is 93.4 Å². The molecule has 4 rings (SSSR count). The van der Waals surface area contributed by atoms with Crippen LogP contribution in [0.4, 0.5) is 10.1 Å². The summed E-state index contributed by atoms with van der Waals surface area (Å²) >= 11 is 1.21. The minimum Gasteiger partial charge on any atom is -0.313 e. The van der Waals surface area contributed by atoms with E-state index in [4.69, 9.17) is 0 Å². The second-order valence-electron chi connectivity index (χ2n) is 6.04. The summed E-state index contributed by atoms with van der Waals surface area (Å²) in [6.07, 6.45) is 3.11. The van der Waals surface area contributed by atoms with Gasteiger partial charge in [0.15, 0.2) is 0 Å². The average molecular weight is 408 g/mol. The highest BCUT2D eigenvalue weighted by Crippen LogP contribution is 2.28. The van der Waals surface area contributed by atoms with Crippen molar-refractivity contribution in [3.63, 3.8) is 0 Å². The summed E-state index contributed by atoms with van der Waals surface area (Å²) in [6, 6.07) is 15.8. The summed E-state index contributed by atoms with van der Waals surface area (Å²) in [7, 11) is 0. The first kappa shape index (κ1) is 18.5. The molecule has 144 valence electrons. The fourth-order valence-electron chi connectivity index (χ4n) is 2.83. The highest BCUT2D eigenvalue weighted by Gasteiger charge is 2.13. The van der Waals surface area contributed by atoms with Crippen molar-refractivity contribution in [2.75, 3.05) is 0 Å². The van der Waals surface area contributed by atoms with Gasteiger partial charge in [-0.15, -0.1) is 11.3 Å². The molecule has 0 radical (unpaired) electrons. The van der Waals surface area contributed by atoms with Crippen LogP contribution in [0.1, 0.15) is 15.4 Å². The van der Waals surface area contributed by atoms with Gasteiger partial charge in [0.1, 0.15) is 5.82 Å². The average Bonchev–Trinajstić information content (AvgIpc) is 3.34. The van der Waals surface area contributed by atoms with Gasteiger partial charge in [0.05, 0.1) is 27.4 Å². The summed E-state index contributed by atoms with van der Waals surface area (Å²) in [5, 5.41) is 15.4. The van der Waals surface area contributed by atoms with Gasteiger partial charge in [-0.2, -0.15) is 5.10 Å². The number of hydrogen-bond donors (Lipinski definition) is 1. The molecule has 2 heterocycles. The molecule has 1 amide bonds. The van der Waals surface area contributed by atoms with E-state index in [1.54, 1.807) is 53.2 Å². The van der Waals surface area contributed by atoms with E-state index >= 15 is 0 Å². The number of halogens is 1. The van der Waals surface area contributed by atoms with E-state index < -0.39 is 10.8 Å². The Balaban J connectivity index is 1.51. The first-order valence-corrected chi connectivity index (χ1v) is 9.28. The zero-order valence-corrected chi connectivity index (χ0v) is 15.6. The number of benzene rings is 2. The Morgan fingerprint density at radius 2 is 2.00 bits per heavy atom. The largest absolute Gasteiger partial charge is 0.313 e. The van der Waals surface area contributed by atoms with E-state index in [9.17, 15) is 19.3 Å². The number of rotatable bonds is 5. The van der Waals surface area contributed by atoms with Crippen LogP contribution in [0.2, 0.25) is 0 Å². The third-order valence-electron chi connectivity index (χ3n) is 4.19. The van der Waals surface area contributed by atoms with Gasteiger partial charge >= 0.3 is 0 Å². The summed E-state index contributed by atoms with van der Waals surface area (Å²) in [5.74, 6) is -0.809. The number of amides is 1. The molecule has 4 aromatic rings. The maximum Gasteiger partial charge on any atom is 0.281 e. The first-order valence-electron chi connectivity index (χ1n) is 8.46. The molecule has 0 unspecified atom stereocenters. The number of hydrazone groups is 1. The topological polar surface area (TPSA) is 89.5 Å². The molecule has 0 atom stereocenters. The lowest BCUT2D eigenvalue weighted by Gasteiger charge is -2.07. The molecule has 0 bridgehead atoms. The highest BCUT2D eigenvalue weighted by molar-refractivity contribution is 7.20. The predicted molar refractivity (Wildman–Crippen MR) is 109 cm³/mol. The third kappa shape index (κ3) is 3.76. The van der Waals surface area contributed by atoms with E-state index in [1.807, 2.05) is 0 Å². The summed E-state index contributed by atoms with van der Waals surface area (Å²) < 4.78 is 16.4. The van der Waals surface area contributed by atoms with Crippen molar-refractivity contribution in [3.8, 4) is 5.69 Å². The predicted octanol–water partition coefficient (Wildman–Crippen LogP) is 4.50. The molecule has 0 spiro atoms. The third-order valence-corrected chi connectivity index (χ3v) is 5.30. The van der Waals surface area contributed by atoms with Crippen LogP contribution in [0.15, 0.2) is 72.0 Å². The Morgan fingerprint density at radius 1 is 1.17 bits per heavy atom. The van der Waals surface area contributed by atoms with Gasteiger partial charge < -0.3 is 4.57 Å². The highest BCUT2D eigenvalue weighted by atomic mass is 32.1. The molecule has 2 aromatic heterocycles. The van der Waals surface area contributed by atoms with Gasteiger partial charge in [-0.3, -0.25) is 14.9 Å². The van der Waals surface area contributed by atoms with Crippen molar-refractivity contribution >= 4 is 39.2 Å². The van der Waals surface area contributed by atoms with Gasteiger partial charge in [-0.25, -0.2) is 9.82 Å². The van der Waals surface area contributed by atoms with Gasteiger partial charge in [0, 0.05) is 28.4 Å². The molecule has 0 fully saturated rings. The smallest absolute Gasteiger partial charge is 0.281 e. The lowest BCUT2D eigenvalue weighted by Crippen LogP contribution is -2.16. The summed E-state index contributed by atoms with van der Waals surface area (Å²) in [4.78, 5) is 23.1. The lowest BCUT2D eigenvalue weighted by molar-refractivity contribution is -0.384. The zero-order chi connectivity index (χ0) is 20.4. The molecule has 29 heavy (non-hydrogen) atoms. The second kappa shape index (κ2) is 7.64. The molecule has 0 aliphatic heterocycles. The number of aromatic nitrogens is 1. The number of nitrogens with zero attached hydrogens (tertiary/aromatic N) is 3. The standard InChI is InChI=1S/C20H13FN4O3S/c21-16-5-1-2-6-17(16)24-9-3-4-15(24)12-22-23-20(26)19-11-13-10-14(25(27)28)7-8-18(13)29-19/h1-12H,(H,23,26). The molecule has 0 saturated carbocycles. The minimum atomic E-state index is -0.480. The number of hydrogen-bond acceptors (Lipinski definition) is 5. The number of nitro groups is 1. The molecule has 0 aliphatic carbocycles. The Labute approximate surface area is 167 Å². The maximum absolute atomic E-state index is 14.0. The SMILES string of the molecule is O=C(NN=Cc1cccn1-c1ccccc1F)c1cc2cc([N+](=O)[O-])ccc2s1. The fourth-order valence-corrected chi connectivity index (χ4v) is 3.77. The number of carbonyl (C=O) groups excluding carboxylic acids is 1. The van der Waals surface area contributed by atoms with Crippen LogP contribution in [0.5, 0.6) is 0 Å². The van der Waals surface area contributed by atoms with Crippen LogP contribution in [0, 0.1) is 15.9 Å². The Morgan fingerprint density at radius 3 is 2.79 bits per heavy atom. The Hall–Kier alpha value is -3.85. The molecule has 7 nitrogen and oxygen atoms in total. The number of carbonyl (C=O) groups is 1. The molecule has 2 aromatic carbocycles. The maximum atomic E-state index is 14.0. The number of thiophene rings is 1. The van der Waals surface area contributed by atoms with Gasteiger partial charge in [-0.1, -0.05) is 12.1 Å². The number of nitro benzene ring substituents is 1. The van der Waals surface area contributed by atoms with E-state index in [2.05, 4.69) is 10.5 Å². The second-order valence-corrected chi connectivity index (χ2v) is 7.13. The van der Waals surface area contributed by atoms with E-state index in [0.29, 0.717) is 21.6 Å². The minimum absolute atomic E-state index is 0.0332. The molecular formula is C20H13FN4O3S. The number of para-hydroxylation sites is 1. The first-order chi connectivity index (χ1) is 14.0. The van der Waals surface area contributed by atoms with E-state index in [0.717, 1.165) is 4.70 Å². The van der Waals surface area contributed by atoms with E-state index in [1.165, 1.54) is 35.8 Å². The zero-order valence-electron chi connectivity index (χ0n) is 14.8. The van der Waals surface area contributed by atoms with Gasteiger partial charge in [0.25, 0.3) is 11.6 Å². The molecule has 9 heteroatoms. The summed E-state index contributed by atoms with van der Waals surface area (Å²) in [5.41, 5.74) is 3.35. The fraction of sp³-hybridized carbons (Fsp3) is 0. The Kier molecular flexibility index (Phi) is 4.88.